The van der Waals surface area contributed by atoms with Gasteiger partial charge in [-0.3, -0.25) is 0 Å². The maximum absolute atomic E-state index is 12.3. The number of ether oxygens (including phenoxy) is 1. The van der Waals surface area contributed by atoms with Crippen LogP contribution in [-0.4, -0.2) is 15.7 Å². The van der Waals surface area contributed by atoms with E-state index in [9.17, 15) is 4.79 Å². The number of nitrogens with zero attached hydrogens (tertiary/aromatic N) is 2. The molecule has 0 N–H and O–H groups in total. The van der Waals surface area contributed by atoms with Crippen molar-refractivity contribution in [1.29, 1.82) is 0 Å². The largest absolute Gasteiger partial charge is 0.422 e. The molecule has 0 amide bonds. The Morgan fingerprint density at radius 3 is 2.38 bits per heavy atom. The maximum Gasteiger partial charge on any atom is 0.364 e. The lowest BCUT2D eigenvalue weighted by Crippen LogP contribution is -2.11. The molecule has 3 rings (SSSR count). The first-order valence-corrected chi connectivity index (χ1v) is 8.07. The summed E-state index contributed by atoms with van der Waals surface area (Å²) in [5.74, 6) is -0.165. The van der Waals surface area contributed by atoms with E-state index < -0.39 is 5.97 Å². The Bertz CT molecular complexity index is 905. The molecule has 0 fully saturated rings. The second kappa shape index (κ2) is 6.85. The van der Waals surface area contributed by atoms with Crippen LogP contribution in [0.15, 0.2) is 48.7 Å². The molecule has 0 unspecified atom stereocenters. The summed E-state index contributed by atoms with van der Waals surface area (Å²) in [5, 5.41) is 5.79. The Hall–Kier alpha value is -2.01. The Morgan fingerprint density at radius 1 is 1.04 bits per heavy atom. The van der Waals surface area contributed by atoms with E-state index in [0.717, 1.165) is 0 Å². The number of aromatic nitrogens is 2. The smallest absolute Gasteiger partial charge is 0.364 e. The van der Waals surface area contributed by atoms with Gasteiger partial charge in [-0.05, 0) is 49.4 Å². The topological polar surface area (TPSA) is 44.1 Å². The molecule has 0 aliphatic rings. The van der Waals surface area contributed by atoms with Crippen molar-refractivity contribution < 1.29 is 9.53 Å². The minimum Gasteiger partial charge on any atom is -0.422 e. The second-order valence-electron chi connectivity index (χ2n) is 5.04. The fraction of sp³-hybridized carbons (Fsp3) is 0.0588. The van der Waals surface area contributed by atoms with Crippen molar-refractivity contribution >= 4 is 40.8 Å². The molecule has 1 aromatic heterocycles. The summed E-state index contributed by atoms with van der Waals surface area (Å²) in [4.78, 5) is 12.3. The molecule has 0 atom stereocenters. The highest BCUT2D eigenvalue weighted by Gasteiger charge is 2.18. The van der Waals surface area contributed by atoms with Crippen molar-refractivity contribution in [2.75, 3.05) is 0 Å². The van der Waals surface area contributed by atoms with Crippen LogP contribution in [0, 0.1) is 6.92 Å². The molecule has 0 aliphatic heterocycles. The van der Waals surface area contributed by atoms with Crippen LogP contribution in [0.1, 0.15) is 16.1 Å². The van der Waals surface area contributed by atoms with Crippen LogP contribution >= 0.6 is 34.8 Å². The van der Waals surface area contributed by atoms with Gasteiger partial charge in [0, 0.05) is 21.8 Å². The summed E-state index contributed by atoms with van der Waals surface area (Å²) in [5.41, 5.74) is 1.49. The maximum atomic E-state index is 12.3. The number of carbonyl (C=O) groups excluding carboxylic acids is 1. The molecule has 2 aromatic carbocycles. The van der Waals surface area contributed by atoms with Gasteiger partial charge in [0.1, 0.15) is 5.75 Å². The van der Waals surface area contributed by atoms with E-state index >= 15 is 0 Å². The van der Waals surface area contributed by atoms with E-state index in [-0.39, 0.29) is 5.69 Å². The normalized spacial score (nSPS) is 10.7. The molecule has 3 aromatic rings. The number of halogens is 3. The quantitative estimate of drug-likeness (QED) is 0.453. The van der Waals surface area contributed by atoms with Crippen LogP contribution in [0.4, 0.5) is 0 Å². The fourth-order valence-electron chi connectivity index (χ4n) is 2.11. The summed E-state index contributed by atoms with van der Waals surface area (Å²) in [7, 11) is 0. The highest BCUT2D eigenvalue weighted by molar-refractivity contribution is 6.35. The van der Waals surface area contributed by atoms with Gasteiger partial charge in [-0.25, -0.2) is 9.48 Å². The number of carbonyl (C=O) groups is 1. The first-order chi connectivity index (χ1) is 11.4. The third-order valence-electron chi connectivity index (χ3n) is 3.27. The molecular formula is C17H11Cl3N2O2. The molecule has 4 nitrogen and oxygen atoms in total. The van der Waals surface area contributed by atoms with Crippen molar-refractivity contribution in [3.05, 3.63) is 75.0 Å². The van der Waals surface area contributed by atoms with Gasteiger partial charge in [-0.15, -0.1) is 0 Å². The molecule has 0 aliphatic carbocycles. The molecule has 0 spiro atoms. The van der Waals surface area contributed by atoms with Crippen LogP contribution in [-0.2, 0) is 0 Å². The number of hydrogen-bond donors (Lipinski definition) is 0. The Morgan fingerprint density at radius 2 is 1.71 bits per heavy atom. The predicted molar refractivity (Wildman–Crippen MR) is 94.7 cm³/mol. The van der Waals surface area contributed by atoms with Gasteiger partial charge in [0.2, 0.25) is 0 Å². The molecule has 0 bridgehead atoms. The van der Waals surface area contributed by atoms with Gasteiger partial charge in [0.25, 0.3) is 0 Å². The van der Waals surface area contributed by atoms with Gasteiger partial charge >= 0.3 is 5.97 Å². The Labute approximate surface area is 153 Å². The predicted octanol–water partition coefficient (Wildman–Crippen LogP) is 5.36. The molecule has 122 valence electrons. The monoisotopic (exact) mass is 380 g/mol. The van der Waals surface area contributed by atoms with Crippen LogP contribution in [0.5, 0.6) is 5.75 Å². The summed E-state index contributed by atoms with van der Waals surface area (Å²) in [6.07, 6.45) is 1.70. The minimum absolute atomic E-state index is 0.205. The molecule has 0 saturated heterocycles. The molecule has 0 saturated carbocycles. The lowest BCUT2D eigenvalue weighted by atomic mass is 10.3. The minimum atomic E-state index is -0.557. The SMILES string of the molecule is Cc1cn(-c2ccc(Cl)cc2Cl)nc1C(=O)Oc1ccc(Cl)cc1. The number of esters is 1. The van der Waals surface area contributed by atoms with Crippen LogP contribution < -0.4 is 4.74 Å². The first-order valence-electron chi connectivity index (χ1n) is 6.93. The first kappa shape index (κ1) is 16.8. The summed E-state index contributed by atoms with van der Waals surface area (Å²) < 4.78 is 6.83. The van der Waals surface area contributed by atoms with Crippen molar-refractivity contribution in [1.82, 2.24) is 9.78 Å². The fourth-order valence-corrected chi connectivity index (χ4v) is 2.73. The molecule has 24 heavy (non-hydrogen) atoms. The molecular weight excluding hydrogens is 371 g/mol. The van der Waals surface area contributed by atoms with Gasteiger partial charge in [-0.1, -0.05) is 34.8 Å². The highest BCUT2D eigenvalue weighted by atomic mass is 35.5. The third-order valence-corrected chi connectivity index (χ3v) is 4.06. The molecule has 7 heteroatoms. The lowest BCUT2D eigenvalue weighted by Gasteiger charge is -2.05. The van der Waals surface area contributed by atoms with E-state index in [2.05, 4.69) is 5.10 Å². The summed E-state index contributed by atoms with van der Waals surface area (Å²) in [6.45, 7) is 1.77. The van der Waals surface area contributed by atoms with Gasteiger partial charge in [-0.2, -0.15) is 5.10 Å². The van der Waals surface area contributed by atoms with Crippen molar-refractivity contribution in [2.45, 2.75) is 6.92 Å². The summed E-state index contributed by atoms with van der Waals surface area (Å²) >= 11 is 17.9. The van der Waals surface area contributed by atoms with Crippen LogP contribution in [0.3, 0.4) is 0 Å². The van der Waals surface area contributed by atoms with Crippen molar-refractivity contribution in [2.24, 2.45) is 0 Å². The van der Waals surface area contributed by atoms with E-state index in [1.54, 1.807) is 55.6 Å². The van der Waals surface area contributed by atoms with E-state index in [1.165, 1.54) is 4.68 Å². The van der Waals surface area contributed by atoms with Gasteiger partial charge in [0.05, 0.1) is 10.7 Å². The van der Waals surface area contributed by atoms with Crippen molar-refractivity contribution in [3.8, 4) is 11.4 Å². The average molecular weight is 382 g/mol. The Balaban J connectivity index is 1.88. The number of aryl methyl sites for hydroxylation is 1. The standard InChI is InChI=1S/C17H11Cl3N2O2/c1-10-9-22(15-7-4-12(19)8-14(15)20)21-16(10)17(23)24-13-5-2-11(18)3-6-13/h2-9H,1H3. The highest BCUT2D eigenvalue weighted by Crippen LogP contribution is 2.25. The number of rotatable bonds is 3. The molecule has 1 heterocycles. The zero-order valence-corrected chi connectivity index (χ0v) is 14.7. The lowest BCUT2D eigenvalue weighted by molar-refractivity contribution is 0.0727. The van der Waals surface area contributed by atoms with Crippen LogP contribution in [0.25, 0.3) is 5.69 Å². The second-order valence-corrected chi connectivity index (χ2v) is 6.32. The van der Waals surface area contributed by atoms with Crippen molar-refractivity contribution in [3.63, 3.8) is 0 Å². The zero-order chi connectivity index (χ0) is 17.3. The van der Waals surface area contributed by atoms with Gasteiger partial charge in [0.15, 0.2) is 5.69 Å². The number of benzene rings is 2. The van der Waals surface area contributed by atoms with E-state index in [4.69, 9.17) is 39.5 Å². The molecule has 0 radical (unpaired) electrons. The van der Waals surface area contributed by atoms with Gasteiger partial charge < -0.3 is 4.74 Å². The number of hydrogen-bond acceptors (Lipinski definition) is 3. The average Bonchev–Trinajstić information content (AvgIpc) is 2.91. The van der Waals surface area contributed by atoms with E-state index in [1.807, 2.05) is 0 Å². The zero-order valence-electron chi connectivity index (χ0n) is 12.5. The third kappa shape index (κ3) is 3.56. The summed E-state index contributed by atoms with van der Waals surface area (Å²) in [6, 6.07) is 11.6. The van der Waals surface area contributed by atoms with E-state index in [0.29, 0.717) is 32.1 Å². The van der Waals surface area contributed by atoms with Crippen LogP contribution in [0.2, 0.25) is 15.1 Å². The Kier molecular flexibility index (Phi) is 4.81.